The van der Waals surface area contributed by atoms with Crippen LogP contribution < -0.4 is 0 Å². The van der Waals surface area contributed by atoms with Gasteiger partial charge in [0.15, 0.2) is 0 Å². The third-order valence-electron chi connectivity index (χ3n) is 1.58. The van der Waals surface area contributed by atoms with Crippen LogP contribution in [0, 0.1) is 3.57 Å². The van der Waals surface area contributed by atoms with E-state index >= 15 is 0 Å². The molecule has 0 aliphatic carbocycles. The van der Waals surface area contributed by atoms with Gasteiger partial charge in [0, 0.05) is 9.13 Å². The second-order valence-electron chi connectivity index (χ2n) is 2.53. The van der Waals surface area contributed by atoms with Gasteiger partial charge < -0.3 is 4.74 Å². The normalized spacial score (nSPS) is 9.57. The summed E-state index contributed by atoms with van der Waals surface area (Å²) < 4.78 is 5.37. The van der Waals surface area contributed by atoms with Crippen molar-refractivity contribution in [3.05, 3.63) is 33.4 Å². The van der Waals surface area contributed by atoms with Gasteiger partial charge in [-0.15, -0.1) is 0 Å². The zero-order valence-corrected chi connectivity index (χ0v) is 9.78. The van der Waals surface area contributed by atoms with Crippen molar-refractivity contribution in [1.29, 1.82) is 0 Å². The highest BCUT2D eigenvalue weighted by molar-refractivity contribution is 14.1. The molecule has 0 heterocycles. The molecule has 0 aliphatic rings. The molecule has 0 saturated carbocycles. The van der Waals surface area contributed by atoms with Crippen LogP contribution in [0.5, 0.6) is 0 Å². The lowest BCUT2D eigenvalue weighted by atomic mass is 10.1. The van der Waals surface area contributed by atoms with Crippen molar-refractivity contribution in [3.8, 4) is 0 Å². The first kappa shape index (κ1) is 11.2. The Labute approximate surface area is 95.6 Å². The van der Waals surface area contributed by atoms with Crippen LogP contribution in [0.1, 0.15) is 17.3 Å². The standard InChI is InChI=1S/C10H9IO3/c1-2-14-10(13)9(12)7-5-3-4-6-8(7)11/h3-6H,2H2,1H3. The first-order chi connectivity index (χ1) is 6.66. The average Bonchev–Trinajstić information content (AvgIpc) is 2.18. The lowest BCUT2D eigenvalue weighted by Crippen LogP contribution is -2.18. The number of ether oxygens (including phenoxy) is 1. The number of carbonyl (C=O) groups is 2. The van der Waals surface area contributed by atoms with Crippen LogP contribution in [-0.4, -0.2) is 18.4 Å². The number of halogens is 1. The molecule has 4 heteroatoms. The Balaban J connectivity index is 2.90. The van der Waals surface area contributed by atoms with E-state index in [-0.39, 0.29) is 6.61 Å². The van der Waals surface area contributed by atoms with Gasteiger partial charge in [0.1, 0.15) is 0 Å². The quantitative estimate of drug-likeness (QED) is 0.371. The van der Waals surface area contributed by atoms with E-state index in [1.807, 2.05) is 28.7 Å². The molecular formula is C10H9IO3. The van der Waals surface area contributed by atoms with E-state index in [4.69, 9.17) is 0 Å². The van der Waals surface area contributed by atoms with Gasteiger partial charge in [0.2, 0.25) is 0 Å². The predicted molar refractivity (Wildman–Crippen MR) is 60.1 cm³/mol. The zero-order valence-electron chi connectivity index (χ0n) is 7.62. The second kappa shape index (κ2) is 5.09. The third kappa shape index (κ3) is 2.54. The molecule has 0 saturated heterocycles. The number of Topliss-reactive ketones (excluding diaryl/α,β-unsaturated/α-hetero) is 1. The Kier molecular flexibility index (Phi) is 4.06. The van der Waals surface area contributed by atoms with Crippen LogP contribution >= 0.6 is 22.6 Å². The van der Waals surface area contributed by atoms with Gasteiger partial charge >= 0.3 is 5.97 Å². The maximum atomic E-state index is 11.5. The van der Waals surface area contributed by atoms with Crippen LogP contribution in [0.3, 0.4) is 0 Å². The molecule has 3 nitrogen and oxygen atoms in total. The van der Waals surface area contributed by atoms with Gasteiger partial charge in [-0.3, -0.25) is 4.79 Å². The fraction of sp³-hybridized carbons (Fsp3) is 0.200. The summed E-state index contributed by atoms with van der Waals surface area (Å²) in [4.78, 5) is 22.6. The molecular weight excluding hydrogens is 295 g/mol. The minimum Gasteiger partial charge on any atom is -0.460 e. The topological polar surface area (TPSA) is 43.4 Å². The highest BCUT2D eigenvalue weighted by atomic mass is 127. The van der Waals surface area contributed by atoms with E-state index in [1.54, 1.807) is 25.1 Å². The van der Waals surface area contributed by atoms with Crippen LogP contribution in [0.2, 0.25) is 0 Å². The van der Waals surface area contributed by atoms with E-state index < -0.39 is 11.8 Å². The molecule has 1 aromatic carbocycles. The Morgan fingerprint density at radius 2 is 2.00 bits per heavy atom. The fourth-order valence-corrected chi connectivity index (χ4v) is 1.58. The molecule has 0 N–H and O–H groups in total. The van der Waals surface area contributed by atoms with E-state index in [1.165, 1.54) is 0 Å². The van der Waals surface area contributed by atoms with Crippen LogP contribution in [-0.2, 0) is 9.53 Å². The molecule has 0 aliphatic heterocycles. The lowest BCUT2D eigenvalue weighted by molar-refractivity contribution is -0.137. The van der Waals surface area contributed by atoms with E-state index in [9.17, 15) is 9.59 Å². The number of hydrogen-bond donors (Lipinski definition) is 0. The average molecular weight is 304 g/mol. The molecule has 14 heavy (non-hydrogen) atoms. The Morgan fingerprint density at radius 1 is 1.36 bits per heavy atom. The first-order valence-electron chi connectivity index (χ1n) is 4.12. The number of esters is 1. The number of ketones is 1. The molecule has 0 spiro atoms. The molecule has 0 radical (unpaired) electrons. The minimum absolute atomic E-state index is 0.216. The van der Waals surface area contributed by atoms with E-state index in [0.29, 0.717) is 5.56 Å². The number of carbonyl (C=O) groups excluding carboxylic acids is 2. The van der Waals surface area contributed by atoms with Gasteiger partial charge in [-0.25, -0.2) is 4.79 Å². The largest absolute Gasteiger partial charge is 0.460 e. The summed E-state index contributed by atoms with van der Waals surface area (Å²) in [7, 11) is 0. The minimum atomic E-state index is -0.795. The molecule has 0 atom stereocenters. The number of rotatable bonds is 3. The Hall–Kier alpha value is -0.910. The van der Waals surface area contributed by atoms with Gasteiger partial charge in [-0.05, 0) is 41.6 Å². The van der Waals surface area contributed by atoms with Crippen molar-refractivity contribution in [2.45, 2.75) is 6.92 Å². The predicted octanol–water partition coefficient (Wildman–Crippen LogP) is 2.04. The summed E-state index contributed by atoms with van der Waals surface area (Å²) in [5.41, 5.74) is 0.395. The highest BCUT2D eigenvalue weighted by Crippen LogP contribution is 2.12. The summed E-state index contributed by atoms with van der Waals surface area (Å²) in [5.74, 6) is -1.38. The number of hydrogen-bond acceptors (Lipinski definition) is 3. The monoisotopic (exact) mass is 304 g/mol. The Morgan fingerprint density at radius 3 is 2.57 bits per heavy atom. The summed E-state index contributed by atoms with van der Waals surface area (Å²) in [6.45, 7) is 1.88. The second-order valence-corrected chi connectivity index (χ2v) is 3.69. The SMILES string of the molecule is CCOC(=O)C(=O)c1ccccc1I. The van der Waals surface area contributed by atoms with Crippen molar-refractivity contribution < 1.29 is 14.3 Å². The molecule has 0 aromatic heterocycles. The highest BCUT2D eigenvalue weighted by Gasteiger charge is 2.19. The van der Waals surface area contributed by atoms with Crippen LogP contribution in [0.25, 0.3) is 0 Å². The van der Waals surface area contributed by atoms with Gasteiger partial charge in [0.05, 0.1) is 6.61 Å². The smallest absolute Gasteiger partial charge is 0.379 e. The van der Waals surface area contributed by atoms with E-state index in [2.05, 4.69) is 4.74 Å². The maximum Gasteiger partial charge on any atom is 0.379 e. The summed E-state index contributed by atoms with van der Waals surface area (Å²) in [6, 6.07) is 6.91. The lowest BCUT2D eigenvalue weighted by Gasteiger charge is -2.02. The summed E-state index contributed by atoms with van der Waals surface area (Å²) >= 11 is 2.01. The van der Waals surface area contributed by atoms with Gasteiger partial charge in [0.25, 0.3) is 5.78 Å². The van der Waals surface area contributed by atoms with E-state index in [0.717, 1.165) is 3.57 Å². The summed E-state index contributed by atoms with van der Waals surface area (Å²) in [5, 5.41) is 0. The third-order valence-corrected chi connectivity index (χ3v) is 2.52. The molecule has 74 valence electrons. The molecule has 1 aromatic rings. The van der Waals surface area contributed by atoms with Crippen molar-refractivity contribution in [2.75, 3.05) is 6.61 Å². The van der Waals surface area contributed by atoms with Crippen molar-refractivity contribution in [1.82, 2.24) is 0 Å². The maximum absolute atomic E-state index is 11.5. The molecule has 0 unspecified atom stereocenters. The van der Waals surface area contributed by atoms with Crippen molar-refractivity contribution in [2.24, 2.45) is 0 Å². The zero-order chi connectivity index (χ0) is 10.6. The fourth-order valence-electron chi connectivity index (χ4n) is 0.952. The molecule has 1 rings (SSSR count). The number of benzene rings is 1. The molecule has 0 fully saturated rings. The van der Waals surface area contributed by atoms with Crippen LogP contribution in [0.15, 0.2) is 24.3 Å². The van der Waals surface area contributed by atoms with Gasteiger partial charge in [-0.2, -0.15) is 0 Å². The van der Waals surface area contributed by atoms with Crippen molar-refractivity contribution in [3.63, 3.8) is 0 Å². The van der Waals surface area contributed by atoms with Crippen LogP contribution in [0.4, 0.5) is 0 Å². The first-order valence-corrected chi connectivity index (χ1v) is 5.20. The molecule has 0 amide bonds. The summed E-state index contributed by atoms with van der Waals surface area (Å²) in [6.07, 6.45) is 0. The van der Waals surface area contributed by atoms with Gasteiger partial charge in [-0.1, -0.05) is 12.1 Å². The Bertz CT molecular complexity index is 360. The molecule has 0 bridgehead atoms. The van der Waals surface area contributed by atoms with Crippen molar-refractivity contribution >= 4 is 34.3 Å².